The molecular weight excluding hydrogens is 1060 g/mol. The summed E-state index contributed by atoms with van der Waals surface area (Å²) in [5.74, 6) is 8.90. The Balaban J connectivity index is 1.08. The summed E-state index contributed by atoms with van der Waals surface area (Å²) < 4.78 is 27.5. The lowest BCUT2D eigenvalue weighted by molar-refractivity contribution is 0.156. The molecule has 6 aromatic carbocycles. The van der Waals surface area contributed by atoms with Gasteiger partial charge < -0.3 is 60.6 Å². The number of aromatic nitrogens is 1. The number of aromatic hydroxyl groups is 1. The number of nitrogens with zero attached hydrogens (tertiary/aromatic N) is 2. The summed E-state index contributed by atoms with van der Waals surface area (Å²) in [5, 5.41) is 37.3. The average molecular weight is 1140 g/mol. The molecule has 14 heteroatoms. The molecule has 8 aromatic rings. The molecule has 434 valence electrons. The van der Waals surface area contributed by atoms with E-state index in [9.17, 15) is 15.3 Å². The van der Waals surface area contributed by atoms with Crippen LogP contribution in [-0.4, -0.2) is 84.5 Å². The number of aromatic amines is 1. The standard InChI is InChI=1S/C71H72N6O8/c1-42-30-44-10-6-11-45(31-44)32-47-24-26-71(39-47)53-19-15-51(59(36-53)76-70(72)73)35-48(40-78)41-84-65-62(52-18-23-57-68(71)77(28-27-74-57)69-56(37-58(42)75-69)50-13-7-12-46(33-50)34-52)64-63(60(81)38-61(85-64)49-16-21-54(79)22-17-49)66(67(65)82-2)83-29-25-55(80)20-14-43-8-4-3-5-9-43/h3-17,19-22,31,33,36-38,42,47-48,52,55,57,68,74-75,78-80H,24-30,32,34-35,39-41H2,1-2H3,(H4,72,73,76)/b20-14+/t42-,47-,48-,52-,55+,57-,68-,71+/m1/s1. The van der Waals surface area contributed by atoms with Crippen molar-refractivity contribution < 1.29 is 33.9 Å². The molecule has 8 atom stereocenters. The third-order valence-electron chi connectivity index (χ3n) is 18.3. The number of phenolic OH excluding ortho intramolecular Hbond substituents is 1. The molecule has 7 heterocycles. The van der Waals surface area contributed by atoms with E-state index < -0.39 is 34.8 Å². The molecule has 14 bridgehead atoms. The quantitative estimate of drug-likeness (QED) is 0.0387. The van der Waals surface area contributed by atoms with Gasteiger partial charge in [-0.3, -0.25) is 4.79 Å². The predicted molar refractivity (Wildman–Crippen MR) is 334 cm³/mol. The zero-order valence-electron chi connectivity index (χ0n) is 48.0. The highest BCUT2D eigenvalue weighted by molar-refractivity contribution is 5.94. The van der Waals surface area contributed by atoms with Gasteiger partial charge in [0.2, 0.25) is 5.75 Å². The Bertz CT molecular complexity index is 3990. The van der Waals surface area contributed by atoms with Gasteiger partial charge in [-0.05, 0) is 126 Å². The van der Waals surface area contributed by atoms with Gasteiger partial charge in [0.1, 0.15) is 22.7 Å². The number of H-pyrrole nitrogens is 1. The highest BCUT2D eigenvalue weighted by Crippen LogP contribution is 2.55. The van der Waals surface area contributed by atoms with Crippen molar-refractivity contribution >= 4 is 34.5 Å². The van der Waals surface area contributed by atoms with Crippen LogP contribution < -0.4 is 41.3 Å². The summed E-state index contributed by atoms with van der Waals surface area (Å²) in [6.45, 7) is 3.34. The smallest absolute Gasteiger partial charge is 0.204 e. The molecule has 0 radical (unpaired) electrons. The first kappa shape index (κ1) is 55.4. The van der Waals surface area contributed by atoms with E-state index in [1.54, 1.807) is 30.3 Å². The molecule has 0 unspecified atom stereocenters. The summed E-state index contributed by atoms with van der Waals surface area (Å²) in [6.07, 6.45) is 8.07. The number of methoxy groups -OCH3 is 1. The second-order valence-corrected chi connectivity index (χ2v) is 23.9. The van der Waals surface area contributed by atoms with Crippen molar-refractivity contribution in [2.24, 2.45) is 28.3 Å². The number of benzene rings is 6. The summed E-state index contributed by atoms with van der Waals surface area (Å²) in [4.78, 5) is 26.9. The Kier molecular flexibility index (Phi) is 15.2. The van der Waals surface area contributed by atoms with E-state index in [4.69, 9.17) is 35.1 Å². The average Bonchev–Trinajstić information content (AvgIpc) is 3.41. The van der Waals surface area contributed by atoms with Gasteiger partial charge in [0.05, 0.1) is 55.7 Å². The first-order valence-electron chi connectivity index (χ1n) is 29.8. The van der Waals surface area contributed by atoms with Crippen molar-refractivity contribution in [3.05, 3.63) is 194 Å². The number of ether oxygens (including phenoxy) is 3. The molecule has 0 amide bonds. The van der Waals surface area contributed by atoms with Crippen LogP contribution in [0.3, 0.4) is 0 Å². The zero-order chi connectivity index (χ0) is 58.3. The number of fused-ring (bicyclic) bond motifs is 13. The summed E-state index contributed by atoms with van der Waals surface area (Å²) >= 11 is 0. The topological polar surface area (TPSA) is 214 Å². The normalized spacial score (nSPS) is 22.7. The Morgan fingerprint density at radius 1 is 0.894 bits per heavy atom. The van der Waals surface area contributed by atoms with Gasteiger partial charge in [-0.25, -0.2) is 4.99 Å². The zero-order valence-corrected chi connectivity index (χ0v) is 48.0. The minimum atomic E-state index is -0.893. The van der Waals surface area contributed by atoms with Crippen LogP contribution in [0.2, 0.25) is 0 Å². The molecule has 2 aromatic heterocycles. The molecule has 1 saturated heterocycles. The molecule has 6 aliphatic rings. The number of nitrogens with one attached hydrogen (secondary N) is 2. The fourth-order valence-corrected chi connectivity index (χ4v) is 14.2. The molecule has 1 spiro atoms. The Morgan fingerprint density at radius 2 is 1.69 bits per heavy atom. The number of aliphatic hydroxyl groups excluding tert-OH is 2. The van der Waals surface area contributed by atoms with E-state index in [0.29, 0.717) is 48.7 Å². The number of anilines is 1. The van der Waals surface area contributed by atoms with E-state index in [1.165, 1.54) is 24.3 Å². The maximum Gasteiger partial charge on any atom is 0.204 e. The van der Waals surface area contributed by atoms with Crippen molar-refractivity contribution in [1.29, 1.82) is 0 Å². The molecule has 14 nitrogen and oxygen atoms in total. The summed E-state index contributed by atoms with van der Waals surface area (Å²) in [7, 11) is 1.52. The lowest BCUT2D eigenvalue weighted by atomic mass is 9.67. The van der Waals surface area contributed by atoms with E-state index in [2.05, 4.69) is 107 Å². The molecule has 5 aliphatic heterocycles. The largest absolute Gasteiger partial charge is 0.508 e. The van der Waals surface area contributed by atoms with Gasteiger partial charge in [-0.1, -0.05) is 122 Å². The van der Waals surface area contributed by atoms with Crippen molar-refractivity contribution in [3.63, 3.8) is 0 Å². The highest BCUT2D eigenvalue weighted by atomic mass is 16.5. The number of aliphatic hydroxyl groups is 2. The lowest BCUT2D eigenvalue weighted by Crippen LogP contribution is -2.65. The summed E-state index contributed by atoms with van der Waals surface area (Å²) in [5.41, 5.74) is 23.5. The fourth-order valence-electron chi connectivity index (χ4n) is 14.2. The van der Waals surface area contributed by atoms with E-state index in [0.717, 1.165) is 77.0 Å². The number of piperazine rings is 1. The van der Waals surface area contributed by atoms with Gasteiger partial charge >= 0.3 is 0 Å². The van der Waals surface area contributed by atoms with Crippen molar-refractivity contribution in [3.8, 4) is 57.3 Å². The van der Waals surface area contributed by atoms with Crippen LogP contribution in [0.25, 0.3) is 39.5 Å². The van der Waals surface area contributed by atoms with Crippen LogP contribution in [0.4, 0.5) is 11.5 Å². The molecule has 1 aliphatic carbocycles. The van der Waals surface area contributed by atoms with Crippen LogP contribution in [0.5, 0.6) is 23.0 Å². The highest BCUT2D eigenvalue weighted by Gasteiger charge is 2.53. The monoisotopic (exact) mass is 1140 g/mol. The fraction of sp³-hybridized carbons (Fsp3) is 0.324. The first-order chi connectivity index (χ1) is 41.4. The lowest BCUT2D eigenvalue weighted by Gasteiger charge is -2.51. The van der Waals surface area contributed by atoms with Gasteiger partial charge in [0.15, 0.2) is 28.5 Å². The number of rotatable bonds is 10. The second-order valence-electron chi connectivity index (χ2n) is 23.9. The van der Waals surface area contributed by atoms with Gasteiger partial charge in [0.25, 0.3) is 0 Å². The maximum absolute atomic E-state index is 15.3. The second kappa shape index (κ2) is 23.4. The van der Waals surface area contributed by atoms with Crippen LogP contribution in [-0.2, 0) is 31.1 Å². The van der Waals surface area contributed by atoms with E-state index in [-0.39, 0.29) is 83.9 Å². The number of aliphatic imine (C=N–C) groups is 1. The Hall–Kier alpha value is -8.74. The summed E-state index contributed by atoms with van der Waals surface area (Å²) in [6, 6.07) is 43.8. The number of hydrogen-bond acceptors (Lipinski definition) is 11. The van der Waals surface area contributed by atoms with E-state index >= 15 is 4.79 Å². The van der Waals surface area contributed by atoms with Gasteiger partial charge in [-0.15, -0.1) is 0 Å². The molecular formula is C71H72N6O8. The first-order valence-corrected chi connectivity index (χ1v) is 29.8. The number of nitrogens with two attached hydrogens (primary N) is 2. The minimum absolute atomic E-state index is 0.0236. The third-order valence-corrected chi connectivity index (χ3v) is 18.3. The minimum Gasteiger partial charge on any atom is -0.508 e. The molecule has 1 saturated carbocycles. The van der Waals surface area contributed by atoms with Gasteiger partial charge in [-0.2, -0.15) is 0 Å². The molecule has 85 heavy (non-hydrogen) atoms. The number of guanidine groups is 1. The molecule has 9 N–H and O–H groups in total. The van der Waals surface area contributed by atoms with Crippen molar-refractivity contribution in [1.82, 2.24) is 10.3 Å². The van der Waals surface area contributed by atoms with Crippen LogP contribution >= 0.6 is 0 Å². The van der Waals surface area contributed by atoms with Crippen LogP contribution in [0, 0.1) is 23.7 Å². The van der Waals surface area contributed by atoms with E-state index in [1.807, 2.05) is 36.4 Å². The number of hydrogen-bond donors (Lipinski definition) is 7. The maximum atomic E-state index is 15.3. The molecule has 2 fully saturated rings. The van der Waals surface area contributed by atoms with Crippen molar-refractivity contribution in [2.45, 2.75) is 93.7 Å². The number of phenols is 1. The third kappa shape index (κ3) is 10.9. The van der Waals surface area contributed by atoms with Crippen LogP contribution in [0.1, 0.15) is 89.1 Å². The SMILES string of the molecule is COc1c2c(c3oc(-c4ccc(O)cc4)cc(=O)c3c1OCC[C@@H](O)/C=C/c1ccccc1)[C@@H]1C#C[C@H]3NCCN4c5[nH]c(cc5-c5cccc(c5)C1)[C@H](C)Cc1cccc(c1)C[C@H]1CC[C@](C1)(c1ccc(c(N=C(N)N)c1)C[C@H](CO)CO2)[C@@H]34. The van der Waals surface area contributed by atoms with Gasteiger partial charge in [0, 0.05) is 66.3 Å². The van der Waals surface area contributed by atoms with Crippen molar-refractivity contribution in [2.75, 3.05) is 44.9 Å². The van der Waals surface area contributed by atoms with Crippen LogP contribution in [0.15, 0.2) is 154 Å². The predicted octanol–water partition coefficient (Wildman–Crippen LogP) is 10.6. The molecule has 14 rings (SSSR count). The Morgan fingerprint density at radius 3 is 2.49 bits per heavy atom. The Labute approximate surface area is 495 Å².